The average molecular weight is 343 g/mol. The van der Waals surface area contributed by atoms with Gasteiger partial charge < -0.3 is 24.8 Å². The highest BCUT2D eigenvalue weighted by molar-refractivity contribution is 5.94. The summed E-state index contributed by atoms with van der Waals surface area (Å²) in [7, 11) is 4.65. The van der Waals surface area contributed by atoms with Crippen molar-refractivity contribution in [3.05, 3.63) is 48.7 Å². The van der Waals surface area contributed by atoms with Crippen LogP contribution in [0, 0.1) is 0 Å². The predicted molar refractivity (Wildman–Crippen MR) is 96.1 cm³/mol. The number of nitrogens with zero attached hydrogens (tertiary/aromatic N) is 1. The summed E-state index contributed by atoms with van der Waals surface area (Å²) in [5.74, 6) is 1.95. The van der Waals surface area contributed by atoms with E-state index in [4.69, 9.17) is 14.2 Å². The van der Waals surface area contributed by atoms with Gasteiger partial charge in [0.15, 0.2) is 11.5 Å². The molecule has 1 amide bonds. The molecule has 0 atom stereocenters. The Bertz CT molecular complexity index is 719. The molecule has 0 bridgehead atoms. The van der Waals surface area contributed by atoms with E-state index in [-0.39, 0.29) is 5.91 Å². The van der Waals surface area contributed by atoms with Crippen LogP contribution in [-0.2, 0) is 0 Å². The van der Waals surface area contributed by atoms with Gasteiger partial charge in [-0.3, -0.25) is 4.79 Å². The van der Waals surface area contributed by atoms with Crippen molar-refractivity contribution in [3.63, 3.8) is 0 Å². The Hall–Kier alpha value is -3.22. The maximum atomic E-state index is 11.8. The van der Waals surface area contributed by atoms with Crippen LogP contribution in [0.1, 0.15) is 10.4 Å². The van der Waals surface area contributed by atoms with Gasteiger partial charge in [-0.15, -0.1) is 6.58 Å². The van der Waals surface area contributed by atoms with Crippen molar-refractivity contribution in [2.24, 2.45) is 0 Å². The summed E-state index contributed by atoms with van der Waals surface area (Å²) in [6.07, 6.45) is 3.12. The van der Waals surface area contributed by atoms with Gasteiger partial charge in [-0.05, 0) is 12.1 Å². The molecule has 0 aliphatic carbocycles. The number of pyridine rings is 1. The second-order valence-electron chi connectivity index (χ2n) is 4.97. The minimum atomic E-state index is -0.202. The van der Waals surface area contributed by atoms with Crippen LogP contribution in [0.4, 0.5) is 11.5 Å². The molecule has 7 nitrogen and oxygen atoms in total. The smallest absolute Gasteiger partial charge is 0.253 e. The highest BCUT2D eigenvalue weighted by Crippen LogP contribution is 2.40. The molecule has 1 aromatic carbocycles. The van der Waals surface area contributed by atoms with Gasteiger partial charge >= 0.3 is 0 Å². The Morgan fingerprint density at radius 2 is 1.84 bits per heavy atom. The zero-order chi connectivity index (χ0) is 18.2. The third-order valence-corrected chi connectivity index (χ3v) is 3.37. The molecule has 25 heavy (non-hydrogen) atoms. The second kappa shape index (κ2) is 8.58. The van der Waals surface area contributed by atoms with E-state index in [9.17, 15) is 4.79 Å². The molecule has 0 fully saturated rings. The lowest BCUT2D eigenvalue weighted by molar-refractivity contribution is 0.0957. The van der Waals surface area contributed by atoms with Crippen LogP contribution in [0.15, 0.2) is 43.1 Å². The summed E-state index contributed by atoms with van der Waals surface area (Å²) in [4.78, 5) is 16.1. The molecule has 1 heterocycles. The molecule has 0 radical (unpaired) electrons. The van der Waals surface area contributed by atoms with Gasteiger partial charge in [-0.1, -0.05) is 6.08 Å². The summed E-state index contributed by atoms with van der Waals surface area (Å²) < 4.78 is 15.9. The van der Waals surface area contributed by atoms with Gasteiger partial charge in [0.25, 0.3) is 5.91 Å². The van der Waals surface area contributed by atoms with Crippen LogP contribution in [0.25, 0.3) is 0 Å². The molecule has 0 spiro atoms. The van der Waals surface area contributed by atoms with Gasteiger partial charge in [0.05, 0.1) is 26.9 Å². The number of rotatable bonds is 8. The van der Waals surface area contributed by atoms with Crippen molar-refractivity contribution in [2.45, 2.75) is 0 Å². The van der Waals surface area contributed by atoms with E-state index in [0.29, 0.717) is 40.9 Å². The van der Waals surface area contributed by atoms with Crippen LogP contribution >= 0.6 is 0 Å². The summed E-state index contributed by atoms with van der Waals surface area (Å²) in [5.41, 5.74) is 1.18. The van der Waals surface area contributed by atoms with E-state index in [1.807, 2.05) is 0 Å². The Morgan fingerprint density at radius 1 is 1.16 bits per heavy atom. The molecular formula is C18H21N3O4. The molecule has 0 saturated heterocycles. The largest absolute Gasteiger partial charge is 0.493 e. The van der Waals surface area contributed by atoms with Gasteiger partial charge in [-0.25, -0.2) is 4.98 Å². The summed E-state index contributed by atoms with van der Waals surface area (Å²) in [5, 5.41) is 5.84. The predicted octanol–water partition coefficient (Wildman–Crippen LogP) is 2.77. The number of methoxy groups -OCH3 is 3. The first-order valence-electron chi connectivity index (χ1n) is 7.55. The normalized spacial score (nSPS) is 9.88. The lowest BCUT2D eigenvalue weighted by atomic mass is 10.2. The van der Waals surface area contributed by atoms with Crippen LogP contribution < -0.4 is 24.8 Å². The van der Waals surface area contributed by atoms with Crippen LogP contribution in [0.5, 0.6) is 17.2 Å². The minimum Gasteiger partial charge on any atom is -0.493 e. The molecule has 1 aromatic heterocycles. The molecule has 2 rings (SSSR count). The zero-order valence-corrected chi connectivity index (χ0v) is 14.5. The number of carbonyl (C=O) groups is 1. The molecule has 0 aliphatic heterocycles. The van der Waals surface area contributed by atoms with E-state index in [0.717, 1.165) is 0 Å². The fraction of sp³-hybridized carbons (Fsp3) is 0.222. The summed E-state index contributed by atoms with van der Waals surface area (Å²) in [6, 6.07) is 6.94. The number of hydrogen-bond donors (Lipinski definition) is 2. The SMILES string of the molecule is C=CCNC(=O)c1ccc(Nc2cc(OC)c(OC)c(OC)c2)nc1. The van der Waals surface area contributed by atoms with Crippen LogP contribution in [0.2, 0.25) is 0 Å². The lowest BCUT2D eigenvalue weighted by Crippen LogP contribution is -2.23. The Kier molecular flexibility index (Phi) is 6.22. The van der Waals surface area contributed by atoms with Crippen molar-refractivity contribution in [1.29, 1.82) is 0 Å². The molecular weight excluding hydrogens is 322 g/mol. The molecule has 0 saturated carbocycles. The highest BCUT2D eigenvalue weighted by atomic mass is 16.5. The van der Waals surface area contributed by atoms with Gasteiger partial charge in [0.2, 0.25) is 5.75 Å². The Balaban J connectivity index is 2.19. The van der Waals surface area contributed by atoms with Crippen molar-refractivity contribution < 1.29 is 19.0 Å². The molecule has 0 unspecified atom stereocenters. The van der Waals surface area contributed by atoms with Crippen LogP contribution in [-0.4, -0.2) is 38.8 Å². The first kappa shape index (κ1) is 18.1. The molecule has 7 heteroatoms. The molecule has 2 N–H and O–H groups in total. The van der Waals surface area contributed by atoms with Gasteiger partial charge in [0, 0.05) is 30.6 Å². The number of ether oxygens (including phenoxy) is 3. The van der Waals surface area contributed by atoms with Crippen molar-refractivity contribution >= 4 is 17.4 Å². The quantitative estimate of drug-likeness (QED) is 0.717. The molecule has 2 aromatic rings. The van der Waals surface area contributed by atoms with Gasteiger partial charge in [-0.2, -0.15) is 0 Å². The average Bonchev–Trinajstić information content (AvgIpc) is 2.65. The Labute approximate surface area is 146 Å². The number of hydrogen-bond acceptors (Lipinski definition) is 6. The number of aromatic nitrogens is 1. The standard InChI is InChI=1S/C18H21N3O4/c1-5-8-19-18(22)12-6-7-16(20-11-12)21-13-9-14(23-2)17(25-4)15(10-13)24-3/h5-7,9-11H,1,8H2,2-4H3,(H,19,22)(H,20,21). The fourth-order valence-corrected chi connectivity index (χ4v) is 2.17. The number of benzene rings is 1. The number of amides is 1. The van der Waals surface area contributed by atoms with E-state index in [1.54, 1.807) is 51.7 Å². The first-order valence-corrected chi connectivity index (χ1v) is 7.55. The van der Waals surface area contributed by atoms with Crippen molar-refractivity contribution in [2.75, 3.05) is 33.2 Å². The monoisotopic (exact) mass is 343 g/mol. The number of nitrogens with one attached hydrogen (secondary N) is 2. The maximum absolute atomic E-state index is 11.8. The van der Waals surface area contributed by atoms with E-state index in [2.05, 4.69) is 22.2 Å². The Morgan fingerprint density at radius 3 is 2.32 bits per heavy atom. The fourth-order valence-electron chi connectivity index (χ4n) is 2.17. The maximum Gasteiger partial charge on any atom is 0.253 e. The minimum absolute atomic E-state index is 0.202. The van der Waals surface area contributed by atoms with E-state index in [1.165, 1.54) is 6.20 Å². The number of anilines is 2. The topological polar surface area (TPSA) is 81.7 Å². The summed E-state index contributed by atoms with van der Waals surface area (Å²) in [6.45, 7) is 3.97. The zero-order valence-electron chi connectivity index (χ0n) is 14.5. The van der Waals surface area contributed by atoms with Crippen molar-refractivity contribution in [3.8, 4) is 17.2 Å². The summed E-state index contributed by atoms with van der Waals surface area (Å²) >= 11 is 0. The van der Waals surface area contributed by atoms with E-state index < -0.39 is 0 Å². The lowest BCUT2D eigenvalue weighted by Gasteiger charge is -2.15. The molecule has 0 aliphatic rings. The van der Waals surface area contributed by atoms with E-state index >= 15 is 0 Å². The number of carbonyl (C=O) groups excluding carboxylic acids is 1. The van der Waals surface area contributed by atoms with Crippen molar-refractivity contribution in [1.82, 2.24) is 10.3 Å². The first-order chi connectivity index (χ1) is 12.1. The third kappa shape index (κ3) is 4.41. The molecule has 132 valence electrons. The second-order valence-corrected chi connectivity index (χ2v) is 4.97. The highest BCUT2D eigenvalue weighted by Gasteiger charge is 2.13. The van der Waals surface area contributed by atoms with Crippen LogP contribution in [0.3, 0.4) is 0 Å². The third-order valence-electron chi connectivity index (χ3n) is 3.37. The van der Waals surface area contributed by atoms with Gasteiger partial charge in [0.1, 0.15) is 5.82 Å².